The van der Waals surface area contributed by atoms with Gasteiger partial charge in [0.15, 0.2) is 0 Å². The van der Waals surface area contributed by atoms with Gasteiger partial charge in [-0.15, -0.1) is 0 Å². The van der Waals surface area contributed by atoms with E-state index in [1.165, 1.54) is 12.7 Å². The number of carbonyl (C=O) groups is 1. The van der Waals surface area contributed by atoms with Crippen LogP contribution in [0.3, 0.4) is 0 Å². The topological polar surface area (TPSA) is 26.3 Å². The molecule has 0 radical (unpaired) electrons. The van der Waals surface area contributed by atoms with Crippen LogP contribution in [0.1, 0.15) is 12.8 Å². The lowest BCUT2D eigenvalue weighted by Gasteiger charge is -1.85. The third kappa shape index (κ3) is 1.37. The Morgan fingerprint density at radius 3 is 2.75 bits per heavy atom. The number of rotatable bonds is 1. The van der Waals surface area contributed by atoms with Gasteiger partial charge in [0.25, 0.3) is 0 Å². The molecule has 1 aliphatic carbocycles. The second-order valence-electron chi connectivity index (χ2n) is 1.83. The first-order chi connectivity index (χ1) is 3.83. The molecule has 2 nitrogen and oxygen atoms in total. The maximum Gasteiger partial charge on any atom is 0.330 e. The molecule has 1 rings (SSSR count). The third-order valence-electron chi connectivity index (χ3n) is 1.06. The number of carbonyl (C=O) groups excluding carboxylic acids is 1. The minimum absolute atomic E-state index is 0.225. The average Bonchev–Trinajstić information content (AvgIpc) is 2.50. The van der Waals surface area contributed by atoms with Crippen molar-refractivity contribution in [2.75, 3.05) is 7.11 Å². The molecular formula is C6H8O2. The van der Waals surface area contributed by atoms with Crippen molar-refractivity contribution in [2.45, 2.75) is 12.8 Å². The average molecular weight is 112 g/mol. The van der Waals surface area contributed by atoms with Crippen LogP contribution in [-0.2, 0) is 9.53 Å². The van der Waals surface area contributed by atoms with Gasteiger partial charge in [-0.05, 0) is 12.8 Å². The van der Waals surface area contributed by atoms with Gasteiger partial charge in [0.1, 0.15) is 0 Å². The first-order valence-corrected chi connectivity index (χ1v) is 2.60. The Hall–Kier alpha value is -0.790. The zero-order chi connectivity index (χ0) is 5.98. The normalized spacial score (nSPS) is 15.4. The Bertz CT molecular complexity index is 129. The van der Waals surface area contributed by atoms with Crippen molar-refractivity contribution in [3.05, 3.63) is 11.6 Å². The van der Waals surface area contributed by atoms with Crippen LogP contribution < -0.4 is 0 Å². The Balaban J connectivity index is 2.37. The predicted octanol–water partition coefficient (Wildman–Crippen LogP) is 0.880. The van der Waals surface area contributed by atoms with Crippen molar-refractivity contribution in [2.24, 2.45) is 0 Å². The van der Waals surface area contributed by atoms with Crippen molar-refractivity contribution >= 4 is 5.97 Å². The smallest absolute Gasteiger partial charge is 0.330 e. The largest absolute Gasteiger partial charge is 0.466 e. The zero-order valence-electron chi connectivity index (χ0n) is 4.81. The van der Waals surface area contributed by atoms with Crippen LogP contribution in [0.2, 0.25) is 0 Å². The molecule has 44 valence electrons. The van der Waals surface area contributed by atoms with Gasteiger partial charge < -0.3 is 4.74 Å². The molecule has 0 atom stereocenters. The summed E-state index contributed by atoms with van der Waals surface area (Å²) in [5.41, 5.74) is 1.21. The second kappa shape index (κ2) is 1.99. The summed E-state index contributed by atoms with van der Waals surface area (Å²) in [7, 11) is 1.39. The molecule has 0 spiro atoms. The monoisotopic (exact) mass is 112 g/mol. The number of methoxy groups -OCH3 is 1. The van der Waals surface area contributed by atoms with Crippen LogP contribution in [0.15, 0.2) is 11.6 Å². The fourth-order valence-electron chi connectivity index (χ4n) is 0.442. The van der Waals surface area contributed by atoms with Crippen molar-refractivity contribution in [3.63, 3.8) is 0 Å². The van der Waals surface area contributed by atoms with E-state index < -0.39 is 0 Å². The van der Waals surface area contributed by atoms with Crippen molar-refractivity contribution in [1.29, 1.82) is 0 Å². The minimum atomic E-state index is -0.225. The summed E-state index contributed by atoms with van der Waals surface area (Å²) in [6.45, 7) is 0. The molecule has 0 amide bonds. The standard InChI is InChI=1S/C6H8O2/c1-8-6(7)4-5-2-3-5/h4H,2-3H2,1H3. The number of hydrogen-bond donors (Lipinski definition) is 0. The van der Waals surface area contributed by atoms with E-state index >= 15 is 0 Å². The van der Waals surface area contributed by atoms with Gasteiger partial charge in [0, 0.05) is 6.08 Å². The second-order valence-corrected chi connectivity index (χ2v) is 1.83. The van der Waals surface area contributed by atoms with Gasteiger partial charge in [-0.3, -0.25) is 0 Å². The third-order valence-corrected chi connectivity index (χ3v) is 1.06. The van der Waals surface area contributed by atoms with E-state index in [2.05, 4.69) is 4.74 Å². The molecule has 8 heavy (non-hydrogen) atoms. The highest BCUT2D eigenvalue weighted by Gasteiger charge is 2.12. The maximum absolute atomic E-state index is 10.4. The molecule has 0 aromatic carbocycles. The molecule has 0 saturated heterocycles. The van der Waals surface area contributed by atoms with E-state index in [9.17, 15) is 4.79 Å². The fourth-order valence-corrected chi connectivity index (χ4v) is 0.442. The van der Waals surface area contributed by atoms with Gasteiger partial charge in [-0.1, -0.05) is 5.57 Å². The molecule has 0 aliphatic heterocycles. The first-order valence-electron chi connectivity index (χ1n) is 2.60. The van der Waals surface area contributed by atoms with E-state index in [0.717, 1.165) is 12.8 Å². The van der Waals surface area contributed by atoms with Crippen molar-refractivity contribution in [1.82, 2.24) is 0 Å². The molecule has 0 bridgehead atoms. The summed E-state index contributed by atoms with van der Waals surface area (Å²) in [6, 6.07) is 0. The molecule has 2 heteroatoms. The Morgan fingerprint density at radius 1 is 1.75 bits per heavy atom. The Labute approximate surface area is 48.1 Å². The van der Waals surface area contributed by atoms with Crippen LogP contribution in [0.4, 0.5) is 0 Å². The number of hydrogen-bond acceptors (Lipinski definition) is 2. The minimum Gasteiger partial charge on any atom is -0.466 e. The maximum atomic E-state index is 10.4. The predicted molar refractivity (Wildman–Crippen MR) is 29.3 cm³/mol. The summed E-state index contributed by atoms with van der Waals surface area (Å²) < 4.78 is 4.39. The highest BCUT2D eigenvalue weighted by molar-refractivity contribution is 5.83. The van der Waals surface area contributed by atoms with E-state index in [0.29, 0.717) is 0 Å². The summed E-state index contributed by atoms with van der Waals surface area (Å²) >= 11 is 0. The van der Waals surface area contributed by atoms with Gasteiger partial charge in [0.05, 0.1) is 7.11 Å². The lowest BCUT2D eigenvalue weighted by atomic mass is 10.5. The molecule has 1 aliphatic rings. The van der Waals surface area contributed by atoms with Gasteiger partial charge in [-0.2, -0.15) is 0 Å². The summed E-state index contributed by atoms with van der Waals surface area (Å²) in [4.78, 5) is 10.4. The molecule has 0 unspecified atom stereocenters. The quantitative estimate of drug-likeness (QED) is 0.372. The summed E-state index contributed by atoms with van der Waals surface area (Å²) in [6.07, 6.45) is 3.71. The molecule has 0 heterocycles. The van der Waals surface area contributed by atoms with Crippen LogP contribution in [0.5, 0.6) is 0 Å². The number of ether oxygens (including phenoxy) is 1. The van der Waals surface area contributed by atoms with Gasteiger partial charge in [0.2, 0.25) is 0 Å². The Kier molecular flexibility index (Phi) is 1.33. The van der Waals surface area contributed by atoms with Crippen LogP contribution in [0, 0.1) is 0 Å². The molecule has 0 aromatic heterocycles. The van der Waals surface area contributed by atoms with E-state index in [-0.39, 0.29) is 5.97 Å². The lowest BCUT2D eigenvalue weighted by Crippen LogP contribution is -1.92. The van der Waals surface area contributed by atoms with Crippen molar-refractivity contribution < 1.29 is 9.53 Å². The molecular weight excluding hydrogens is 104 g/mol. The molecule has 0 aromatic rings. The number of allylic oxidation sites excluding steroid dienone is 1. The fraction of sp³-hybridized carbons (Fsp3) is 0.500. The van der Waals surface area contributed by atoms with E-state index in [1.807, 2.05) is 0 Å². The van der Waals surface area contributed by atoms with E-state index in [1.54, 1.807) is 6.08 Å². The summed E-state index contributed by atoms with van der Waals surface area (Å²) in [5, 5.41) is 0. The molecule has 1 fully saturated rings. The SMILES string of the molecule is COC(=O)C=C1CC1. The first kappa shape index (κ1) is 5.35. The molecule has 0 N–H and O–H groups in total. The zero-order valence-corrected chi connectivity index (χ0v) is 4.81. The lowest BCUT2D eigenvalue weighted by molar-refractivity contribution is -0.134. The van der Waals surface area contributed by atoms with Crippen molar-refractivity contribution in [3.8, 4) is 0 Å². The van der Waals surface area contributed by atoms with Crippen LogP contribution in [-0.4, -0.2) is 13.1 Å². The van der Waals surface area contributed by atoms with Crippen LogP contribution in [0.25, 0.3) is 0 Å². The van der Waals surface area contributed by atoms with E-state index in [4.69, 9.17) is 0 Å². The van der Waals surface area contributed by atoms with Gasteiger partial charge >= 0.3 is 5.97 Å². The van der Waals surface area contributed by atoms with Crippen LogP contribution >= 0.6 is 0 Å². The number of esters is 1. The Morgan fingerprint density at radius 2 is 2.38 bits per heavy atom. The highest BCUT2D eigenvalue weighted by atomic mass is 16.5. The summed E-state index contributed by atoms with van der Waals surface area (Å²) in [5.74, 6) is -0.225. The molecule has 1 saturated carbocycles. The van der Waals surface area contributed by atoms with Gasteiger partial charge in [-0.25, -0.2) is 4.79 Å². The highest BCUT2D eigenvalue weighted by Crippen LogP contribution is 2.26.